The van der Waals surface area contributed by atoms with E-state index in [2.05, 4.69) is 42.2 Å². The molecule has 0 amide bonds. The van der Waals surface area contributed by atoms with Gasteiger partial charge in [-0.2, -0.15) is 0 Å². The first-order valence-corrected chi connectivity index (χ1v) is 9.54. The van der Waals surface area contributed by atoms with Crippen molar-refractivity contribution in [1.82, 2.24) is 25.4 Å². The second kappa shape index (κ2) is 9.34. The van der Waals surface area contributed by atoms with Crippen LogP contribution in [0, 0.1) is 5.82 Å². The van der Waals surface area contributed by atoms with Crippen molar-refractivity contribution in [2.75, 3.05) is 31.6 Å². The fourth-order valence-corrected chi connectivity index (χ4v) is 3.38. The largest absolute Gasteiger partial charge is 0.371 e. The van der Waals surface area contributed by atoms with Crippen molar-refractivity contribution in [3.05, 3.63) is 42.2 Å². The van der Waals surface area contributed by atoms with Gasteiger partial charge in [0.1, 0.15) is 18.0 Å². The lowest BCUT2D eigenvalue weighted by molar-refractivity contribution is 0.460. The van der Waals surface area contributed by atoms with Crippen LogP contribution < -0.4 is 15.5 Å². The van der Waals surface area contributed by atoms with Gasteiger partial charge in [-0.15, -0.1) is 10.2 Å². The fraction of sp³-hybridized carbons (Fsp3) is 0.526. The van der Waals surface area contributed by atoms with Crippen molar-refractivity contribution in [1.29, 1.82) is 0 Å². The predicted octanol–water partition coefficient (Wildman–Crippen LogP) is 1.81. The number of guanidine groups is 1. The molecule has 0 radical (unpaired) electrons. The van der Waals surface area contributed by atoms with E-state index in [9.17, 15) is 4.39 Å². The van der Waals surface area contributed by atoms with Crippen LogP contribution in [0.1, 0.15) is 25.6 Å². The zero-order valence-corrected chi connectivity index (χ0v) is 16.0. The number of aliphatic imine (C=N–C) groups is 1. The zero-order chi connectivity index (χ0) is 19.1. The first-order chi connectivity index (χ1) is 13.2. The molecule has 7 nitrogen and oxygen atoms in total. The van der Waals surface area contributed by atoms with E-state index in [1.54, 1.807) is 25.5 Å². The number of aryl methyl sites for hydroxylation is 1. The van der Waals surface area contributed by atoms with E-state index < -0.39 is 0 Å². The standard InChI is InChI=1S/C19H28FN7/c1-3-18-25-23-14-27(18)12-9-22-19(21-2)24-16-7-10-26(11-8-16)17-6-4-5-15(20)13-17/h4-6,13-14,16H,3,7-12H2,1-2H3,(H2,21,22,24). The van der Waals surface area contributed by atoms with Gasteiger partial charge in [-0.05, 0) is 31.0 Å². The highest BCUT2D eigenvalue weighted by Crippen LogP contribution is 2.20. The van der Waals surface area contributed by atoms with Crippen molar-refractivity contribution < 1.29 is 4.39 Å². The fourth-order valence-electron chi connectivity index (χ4n) is 3.38. The molecular weight excluding hydrogens is 345 g/mol. The topological polar surface area (TPSA) is 70.4 Å². The van der Waals surface area contributed by atoms with E-state index >= 15 is 0 Å². The highest BCUT2D eigenvalue weighted by Gasteiger charge is 2.20. The van der Waals surface area contributed by atoms with Crippen LogP contribution in [0.15, 0.2) is 35.6 Å². The maximum atomic E-state index is 13.4. The van der Waals surface area contributed by atoms with Crippen molar-refractivity contribution in [2.45, 2.75) is 38.8 Å². The number of aromatic nitrogens is 3. The number of hydrogen-bond acceptors (Lipinski definition) is 4. The van der Waals surface area contributed by atoms with E-state index in [0.29, 0.717) is 6.04 Å². The molecule has 146 valence electrons. The Hall–Kier alpha value is -2.64. The first kappa shape index (κ1) is 19.1. The Kier molecular flexibility index (Phi) is 6.62. The normalized spacial score (nSPS) is 15.8. The van der Waals surface area contributed by atoms with Crippen LogP contribution in [0.5, 0.6) is 0 Å². The second-order valence-corrected chi connectivity index (χ2v) is 6.68. The van der Waals surface area contributed by atoms with Crippen LogP contribution in [0.3, 0.4) is 0 Å². The van der Waals surface area contributed by atoms with Crippen LogP contribution >= 0.6 is 0 Å². The molecule has 2 aromatic rings. The number of piperidine rings is 1. The van der Waals surface area contributed by atoms with Gasteiger partial charge in [-0.3, -0.25) is 4.99 Å². The van der Waals surface area contributed by atoms with Crippen LogP contribution in [0.4, 0.5) is 10.1 Å². The lowest BCUT2D eigenvalue weighted by Gasteiger charge is -2.34. The van der Waals surface area contributed by atoms with Gasteiger partial charge in [-0.25, -0.2) is 4.39 Å². The van der Waals surface area contributed by atoms with Crippen LogP contribution in [0.25, 0.3) is 0 Å². The Labute approximate surface area is 159 Å². The Bertz CT molecular complexity index is 750. The van der Waals surface area contributed by atoms with E-state index in [0.717, 1.165) is 62.9 Å². The molecule has 3 rings (SSSR count). The molecule has 0 spiro atoms. The van der Waals surface area contributed by atoms with Crippen molar-refractivity contribution in [3.63, 3.8) is 0 Å². The summed E-state index contributed by atoms with van der Waals surface area (Å²) in [6.45, 7) is 5.43. The Morgan fingerprint density at radius 1 is 1.33 bits per heavy atom. The molecule has 1 aromatic heterocycles. The highest BCUT2D eigenvalue weighted by molar-refractivity contribution is 5.79. The number of nitrogens with one attached hydrogen (secondary N) is 2. The smallest absolute Gasteiger partial charge is 0.191 e. The summed E-state index contributed by atoms with van der Waals surface area (Å²) in [5.41, 5.74) is 0.955. The minimum atomic E-state index is -0.184. The molecule has 0 bridgehead atoms. The van der Waals surface area contributed by atoms with Crippen LogP contribution in [0.2, 0.25) is 0 Å². The van der Waals surface area contributed by atoms with Gasteiger partial charge in [0.25, 0.3) is 0 Å². The average Bonchev–Trinajstić information content (AvgIpc) is 3.15. The third kappa shape index (κ3) is 5.18. The van der Waals surface area contributed by atoms with E-state index in [-0.39, 0.29) is 5.82 Å². The first-order valence-electron chi connectivity index (χ1n) is 9.54. The van der Waals surface area contributed by atoms with Gasteiger partial charge in [0.05, 0.1) is 0 Å². The lowest BCUT2D eigenvalue weighted by Crippen LogP contribution is -2.49. The summed E-state index contributed by atoms with van der Waals surface area (Å²) < 4.78 is 15.5. The minimum absolute atomic E-state index is 0.184. The summed E-state index contributed by atoms with van der Waals surface area (Å²) >= 11 is 0. The number of halogens is 1. The zero-order valence-electron chi connectivity index (χ0n) is 16.0. The summed E-state index contributed by atoms with van der Waals surface area (Å²) in [6, 6.07) is 7.18. The average molecular weight is 373 g/mol. The lowest BCUT2D eigenvalue weighted by atomic mass is 10.0. The highest BCUT2D eigenvalue weighted by atomic mass is 19.1. The summed E-state index contributed by atoms with van der Waals surface area (Å²) in [4.78, 5) is 6.55. The molecule has 0 atom stereocenters. The number of anilines is 1. The SMILES string of the molecule is CCc1nncn1CCNC(=NC)NC1CCN(c2cccc(F)c2)CC1. The number of hydrogen-bond donors (Lipinski definition) is 2. The summed E-state index contributed by atoms with van der Waals surface area (Å²) in [5, 5.41) is 14.9. The predicted molar refractivity (Wildman–Crippen MR) is 106 cm³/mol. The van der Waals surface area contributed by atoms with E-state index in [1.807, 2.05) is 6.07 Å². The van der Waals surface area contributed by atoms with Gasteiger partial charge in [0, 0.05) is 51.4 Å². The molecule has 2 heterocycles. The molecule has 0 saturated carbocycles. The van der Waals surface area contributed by atoms with Crippen molar-refractivity contribution >= 4 is 11.6 Å². The number of rotatable bonds is 6. The molecule has 1 saturated heterocycles. The van der Waals surface area contributed by atoms with E-state index in [1.165, 1.54) is 6.07 Å². The maximum absolute atomic E-state index is 13.4. The Morgan fingerprint density at radius 2 is 2.15 bits per heavy atom. The summed E-state index contributed by atoms with van der Waals surface area (Å²) in [6.07, 6.45) is 4.61. The molecule has 1 fully saturated rings. The van der Waals surface area contributed by atoms with Crippen LogP contribution in [-0.4, -0.2) is 53.4 Å². The molecule has 1 aromatic carbocycles. The van der Waals surface area contributed by atoms with Gasteiger partial charge in [0.2, 0.25) is 0 Å². The van der Waals surface area contributed by atoms with Gasteiger partial charge < -0.3 is 20.1 Å². The molecule has 27 heavy (non-hydrogen) atoms. The molecule has 1 aliphatic rings. The minimum Gasteiger partial charge on any atom is -0.371 e. The maximum Gasteiger partial charge on any atom is 0.191 e. The third-order valence-corrected chi connectivity index (χ3v) is 4.89. The second-order valence-electron chi connectivity index (χ2n) is 6.68. The summed E-state index contributed by atoms with van der Waals surface area (Å²) in [5.74, 6) is 1.62. The number of benzene rings is 1. The quantitative estimate of drug-likeness (QED) is 0.597. The van der Waals surface area contributed by atoms with Gasteiger partial charge in [0.15, 0.2) is 5.96 Å². The van der Waals surface area contributed by atoms with Crippen molar-refractivity contribution in [3.8, 4) is 0 Å². The van der Waals surface area contributed by atoms with Gasteiger partial charge >= 0.3 is 0 Å². The van der Waals surface area contributed by atoms with Gasteiger partial charge in [-0.1, -0.05) is 13.0 Å². The molecule has 1 aliphatic heterocycles. The Morgan fingerprint density at radius 3 is 2.85 bits per heavy atom. The molecule has 2 N–H and O–H groups in total. The molecule has 8 heteroatoms. The third-order valence-electron chi connectivity index (χ3n) is 4.89. The van der Waals surface area contributed by atoms with E-state index in [4.69, 9.17) is 0 Å². The number of nitrogens with zero attached hydrogens (tertiary/aromatic N) is 5. The van der Waals surface area contributed by atoms with Crippen molar-refractivity contribution in [2.24, 2.45) is 4.99 Å². The molecule has 0 aliphatic carbocycles. The monoisotopic (exact) mass is 373 g/mol. The summed E-state index contributed by atoms with van der Waals surface area (Å²) in [7, 11) is 1.79. The molecular formula is C19H28FN7. The Balaban J connectivity index is 1.43. The van der Waals surface area contributed by atoms with Crippen LogP contribution in [-0.2, 0) is 13.0 Å². The molecule has 0 unspecified atom stereocenters.